The van der Waals surface area contributed by atoms with Crippen LogP contribution in [0.1, 0.15) is 90.4 Å². The van der Waals surface area contributed by atoms with E-state index in [-0.39, 0.29) is 0 Å². The van der Waals surface area contributed by atoms with Gasteiger partial charge in [-0.05, 0) is 25.2 Å². The lowest BCUT2D eigenvalue weighted by atomic mass is 9.82. The second kappa shape index (κ2) is 10.7. The Labute approximate surface area is 119 Å². The fourth-order valence-corrected chi connectivity index (χ4v) is 3.27. The fraction of sp³-hybridized carbons (Fsp3) is 1.00. The highest BCUT2D eigenvalue weighted by atomic mass is 16.3. The summed E-state index contributed by atoms with van der Waals surface area (Å²) in [6.45, 7) is 2.24. The van der Waals surface area contributed by atoms with E-state index in [9.17, 15) is 10.2 Å². The minimum absolute atomic E-state index is 0.355. The number of aliphatic hydroxyl groups excluding tert-OH is 2. The van der Waals surface area contributed by atoms with Crippen molar-refractivity contribution in [3.8, 4) is 0 Å². The van der Waals surface area contributed by atoms with E-state index in [0.29, 0.717) is 5.92 Å². The van der Waals surface area contributed by atoms with Gasteiger partial charge in [-0.15, -0.1) is 0 Å². The van der Waals surface area contributed by atoms with Crippen LogP contribution in [-0.4, -0.2) is 22.4 Å². The van der Waals surface area contributed by atoms with Gasteiger partial charge in [-0.3, -0.25) is 0 Å². The van der Waals surface area contributed by atoms with Crippen molar-refractivity contribution in [3.63, 3.8) is 0 Å². The normalized spacial score (nSPS) is 20.4. The van der Waals surface area contributed by atoms with Crippen molar-refractivity contribution in [3.05, 3.63) is 0 Å². The summed E-state index contributed by atoms with van der Waals surface area (Å²) < 4.78 is 0. The van der Waals surface area contributed by atoms with Crippen LogP contribution in [-0.2, 0) is 0 Å². The number of unbranched alkanes of at least 4 members (excludes halogenated alkanes) is 6. The molecule has 114 valence electrons. The van der Waals surface area contributed by atoms with Crippen molar-refractivity contribution in [2.45, 2.75) is 103 Å². The van der Waals surface area contributed by atoms with Crippen LogP contribution in [0, 0.1) is 5.92 Å². The first-order valence-electron chi connectivity index (χ1n) is 8.61. The summed E-state index contributed by atoms with van der Waals surface area (Å²) in [4.78, 5) is 0. The molecule has 19 heavy (non-hydrogen) atoms. The molecule has 2 atom stereocenters. The maximum atomic E-state index is 10.2. The summed E-state index contributed by atoms with van der Waals surface area (Å²) in [5, 5.41) is 20.2. The highest BCUT2D eigenvalue weighted by molar-refractivity contribution is 4.78. The summed E-state index contributed by atoms with van der Waals surface area (Å²) in [6, 6.07) is 0. The lowest BCUT2D eigenvalue weighted by Gasteiger charge is -2.29. The molecule has 0 aromatic rings. The lowest BCUT2D eigenvalue weighted by Crippen LogP contribution is -2.34. The lowest BCUT2D eigenvalue weighted by molar-refractivity contribution is -0.0314. The third-order valence-corrected chi connectivity index (χ3v) is 4.63. The first-order chi connectivity index (χ1) is 9.25. The van der Waals surface area contributed by atoms with E-state index >= 15 is 0 Å². The third kappa shape index (κ3) is 7.31. The molecule has 2 nitrogen and oxygen atoms in total. The molecular weight excluding hydrogens is 236 g/mol. The second-order valence-electron chi connectivity index (χ2n) is 6.37. The summed E-state index contributed by atoms with van der Waals surface area (Å²) in [7, 11) is 0. The largest absolute Gasteiger partial charge is 0.390 e. The van der Waals surface area contributed by atoms with Gasteiger partial charge in [-0.2, -0.15) is 0 Å². The first kappa shape index (κ1) is 17.0. The van der Waals surface area contributed by atoms with Crippen LogP contribution in [0.3, 0.4) is 0 Å². The van der Waals surface area contributed by atoms with Crippen LogP contribution in [0.5, 0.6) is 0 Å². The Kier molecular flexibility index (Phi) is 9.54. The molecule has 0 saturated heterocycles. The minimum atomic E-state index is -0.487. The molecule has 1 saturated carbocycles. The maximum absolute atomic E-state index is 10.2. The smallest absolute Gasteiger partial charge is 0.0827 e. The van der Waals surface area contributed by atoms with Gasteiger partial charge < -0.3 is 10.2 Å². The van der Waals surface area contributed by atoms with E-state index in [0.717, 1.165) is 25.7 Å². The molecule has 0 amide bonds. The zero-order chi connectivity index (χ0) is 13.9. The van der Waals surface area contributed by atoms with Crippen LogP contribution in [0.15, 0.2) is 0 Å². The number of hydrogen-bond donors (Lipinski definition) is 2. The van der Waals surface area contributed by atoms with E-state index in [1.54, 1.807) is 0 Å². The molecular formula is C17H34O2. The van der Waals surface area contributed by atoms with Crippen LogP contribution >= 0.6 is 0 Å². The molecule has 2 N–H and O–H groups in total. The van der Waals surface area contributed by atoms with E-state index < -0.39 is 12.2 Å². The van der Waals surface area contributed by atoms with Gasteiger partial charge >= 0.3 is 0 Å². The van der Waals surface area contributed by atoms with Gasteiger partial charge in [0.25, 0.3) is 0 Å². The predicted molar refractivity (Wildman–Crippen MR) is 81.2 cm³/mol. The first-order valence-corrected chi connectivity index (χ1v) is 8.61. The molecule has 0 aromatic carbocycles. The molecule has 1 aliphatic rings. The topological polar surface area (TPSA) is 40.5 Å². The van der Waals surface area contributed by atoms with Crippen LogP contribution in [0.25, 0.3) is 0 Å². The molecule has 0 spiro atoms. The summed E-state index contributed by atoms with van der Waals surface area (Å²) in [5.41, 5.74) is 0. The number of hydrogen-bond acceptors (Lipinski definition) is 2. The Bertz CT molecular complexity index is 199. The van der Waals surface area contributed by atoms with Gasteiger partial charge in [-0.25, -0.2) is 0 Å². The summed E-state index contributed by atoms with van der Waals surface area (Å²) in [6.07, 6.45) is 14.7. The molecule has 0 heterocycles. The molecule has 2 unspecified atom stereocenters. The Hall–Kier alpha value is -0.0800. The average molecular weight is 270 g/mol. The van der Waals surface area contributed by atoms with Crippen molar-refractivity contribution in [2.24, 2.45) is 5.92 Å². The highest BCUT2D eigenvalue weighted by Gasteiger charge is 2.27. The fourth-order valence-electron chi connectivity index (χ4n) is 3.27. The van der Waals surface area contributed by atoms with Crippen molar-refractivity contribution in [1.29, 1.82) is 0 Å². The van der Waals surface area contributed by atoms with E-state index in [1.807, 2.05) is 0 Å². The van der Waals surface area contributed by atoms with Gasteiger partial charge in [-0.1, -0.05) is 71.1 Å². The van der Waals surface area contributed by atoms with E-state index in [1.165, 1.54) is 57.8 Å². The van der Waals surface area contributed by atoms with E-state index in [2.05, 4.69) is 6.92 Å². The van der Waals surface area contributed by atoms with Crippen molar-refractivity contribution >= 4 is 0 Å². The molecule has 0 radical (unpaired) electrons. The standard InChI is InChI=1S/C17H34O2/c1-2-3-4-5-6-7-11-14-16(18)17(19)15-12-9-8-10-13-15/h15-19H,2-14H2,1H3. The highest BCUT2D eigenvalue weighted by Crippen LogP contribution is 2.28. The van der Waals surface area contributed by atoms with Crippen molar-refractivity contribution in [1.82, 2.24) is 0 Å². The molecule has 0 bridgehead atoms. The monoisotopic (exact) mass is 270 g/mol. The van der Waals surface area contributed by atoms with Crippen molar-refractivity contribution < 1.29 is 10.2 Å². The Balaban J connectivity index is 2.01. The zero-order valence-electron chi connectivity index (χ0n) is 12.8. The molecule has 0 aromatic heterocycles. The second-order valence-corrected chi connectivity index (χ2v) is 6.37. The summed E-state index contributed by atoms with van der Waals surface area (Å²) in [5.74, 6) is 0.355. The van der Waals surface area contributed by atoms with Gasteiger partial charge in [0.05, 0.1) is 12.2 Å². The zero-order valence-corrected chi connectivity index (χ0v) is 12.8. The van der Waals surface area contributed by atoms with Crippen LogP contribution in [0.4, 0.5) is 0 Å². The Morgan fingerprint density at radius 2 is 1.42 bits per heavy atom. The SMILES string of the molecule is CCCCCCCCCC(O)C(O)C1CCCCC1. The van der Waals surface area contributed by atoms with Gasteiger partial charge in [0.2, 0.25) is 0 Å². The van der Waals surface area contributed by atoms with Crippen LogP contribution in [0.2, 0.25) is 0 Å². The van der Waals surface area contributed by atoms with E-state index in [4.69, 9.17) is 0 Å². The molecule has 0 aliphatic heterocycles. The van der Waals surface area contributed by atoms with Crippen molar-refractivity contribution in [2.75, 3.05) is 0 Å². The minimum Gasteiger partial charge on any atom is -0.390 e. The summed E-state index contributed by atoms with van der Waals surface area (Å²) >= 11 is 0. The molecule has 1 rings (SSSR count). The van der Waals surface area contributed by atoms with Gasteiger partial charge in [0, 0.05) is 0 Å². The Morgan fingerprint density at radius 3 is 2.05 bits per heavy atom. The Morgan fingerprint density at radius 1 is 0.842 bits per heavy atom. The van der Waals surface area contributed by atoms with Gasteiger partial charge in [0.1, 0.15) is 0 Å². The van der Waals surface area contributed by atoms with Gasteiger partial charge in [0.15, 0.2) is 0 Å². The van der Waals surface area contributed by atoms with Crippen LogP contribution < -0.4 is 0 Å². The third-order valence-electron chi connectivity index (χ3n) is 4.63. The molecule has 2 heteroatoms. The number of rotatable bonds is 10. The molecule has 1 fully saturated rings. The quantitative estimate of drug-likeness (QED) is 0.577. The number of aliphatic hydroxyl groups is 2. The predicted octanol–water partition coefficient (Wildman–Crippen LogP) is 4.43. The molecule has 1 aliphatic carbocycles. The maximum Gasteiger partial charge on any atom is 0.0827 e. The average Bonchev–Trinajstić information content (AvgIpc) is 2.46.